The smallest absolute Gasteiger partial charge is 0.262 e. The van der Waals surface area contributed by atoms with Crippen molar-refractivity contribution in [2.45, 2.75) is 40.0 Å². The maximum Gasteiger partial charge on any atom is 0.262 e. The molecule has 1 saturated heterocycles. The number of terminal acetylenes is 1. The highest BCUT2D eigenvalue weighted by atomic mass is 16.5. The molecular weight excluding hydrogens is 478 g/mol. The van der Waals surface area contributed by atoms with Crippen LogP contribution in [0.5, 0.6) is 0 Å². The van der Waals surface area contributed by atoms with E-state index in [1.54, 1.807) is 0 Å². The number of nitriles is 1. The number of benzene rings is 2. The van der Waals surface area contributed by atoms with Crippen molar-refractivity contribution >= 4 is 27.9 Å². The van der Waals surface area contributed by atoms with Crippen molar-refractivity contribution in [2.24, 2.45) is 0 Å². The highest BCUT2D eigenvalue weighted by Gasteiger charge is 2.15. The molecule has 0 spiro atoms. The summed E-state index contributed by atoms with van der Waals surface area (Å²) in [5.41, 5.74) is 2.87. The minimum absolute atomic E-state index is 0.106. The summed E-state index contributed by atoms with van der Waals surface area (Å²) >= 11 is 0. The van der Waals surface area contributed by atoms with Crippen LogP contribution in [0, 0.1) is 23.7 Å². The van der Waals surface area contributed by atoms with Crippen LogP contribution in [-0.2, 0) is 19.0 Å². The van der Waals surface area contributed by atoms with E-state index in [1.165, 1.54) is 24.9 Å². The van der Waals surface area contributed by atoms with E-state index >= 15 is 0 Å². The van der Waals surface area contributed by atoms with E-state index in [2.05, 4.69) is 46.5 Å². The van der Waals surface area contributed by atoms with Gasteiger partial charge in [-0.2, -0.15) is 5.26 Å². The predicted molar refractivity (Wildman–Crippen MR) is 154 cm³/mol. The lowest BCUT2D eigenvalue weighted by Gasteiger charge is -2.29. The fraction of sp³-hybridized carbons (Fsp3) is 0.484. The molecule has 1 heterocycles. The molecule has 1 aliphatic rings. The summed E-state index contributed by atoms with van der Waals surface area (Å²) in [6, 6.07) is 14.6. The predicted octanol–water partition coefficient (Wildman–Crippen LogP) is 4.95. The molecule has 2 aromatic carbocycles. The molecule has 3 rings (SSSR count). The zero-order valence-corrected chi connectivity index (χ0v) is 23.1. The number of carbonyl (C=O) groups is 1. The molecule has 0 atom stereocenters. The molecule has 204 valence electrons. The van der Waals surface area contributed by atoms with Gasteiger partial charge < -0.3 is 24.4 Å². The minimum atomic E-state index is -0.402. The van der Waals surface area contributed by atoms with Crippen molar-refractivity contribution in [3.05, 3.63) is 47.5 Å². The van der Waals surface area contributed by atoms with Gasteiger partial charge in [-0.15, -0.1) is 6.42 Å². The number of allylic oxidation sites excluding steroid dienone is 1. The lowest BCUT2D eigenvalue weighted by atomic mass is 9.98. The highest BCUT2D eigenvalue weighted by molar-refractivity contribution is 6.05. The van der Waals surface area contributed by atoms with Crippen LogP contribution in [0.1, 0.15) is 45.6 Å². The van der Waals surface area contributed by atoms with E-state index in [0.717, 1.165) is 29.4 Å². The van der Waals surface area contributed by atoms with Crippen LogP contribution in [0.25, 0.3) is 16.3 Å². The molecule has 38 heavy (non-hydrogen) atoms. The standard InChI is InChI=1S/C29H35N3O4.C2H6/c1-3-14-34-16-18-36-19-17-35-15-11-31-29(33)28(22-30)23(2)24-7-8-26-21-27(10-9-25(26)20-24)32-12-5-4-6-13-32;1-2/h1,7-10,20-21H,4-6,11-19H2,2H3,(H,31,33);1-2H3/b28-23+;. The number of carbonyl (C=O) groups excluding carboxylic acids is 1. The zero-order valence-electron chi connectivity index (χ0n) is 23.1. The third kappa shape index (κ3) is 9.84. The van der Waals surface area contributed by atoms with Crippen molar-refractivity contribution < 1.29 is 19.0 Å². The molecule has 0 unspecified atom stereocenters. The van der Waals surface area contributed by atoms with Gasteiger partial charge >= 0.3 is 0 Å². The lowest BCUT2D eigenvalue weighted by Crippen LogP contribution is -2.29. The molecular formula is C31H41N3O4. The number of nitrogens with zero attached hydrogens (tertiary/aromatic N) is 2. The van der Waals surface area contributed by atoms with Gasteiger partial charge in [0.05, 0.1) is 33.0 Å². The molecule has 0 radical (unpaired) electrons. The number of hydrogen-bond donors (Lipinski definition) is 1. The van der Waals surface area contributed by atoms with E-state index in [0.29, 0.717) is 45.2 Å². The van der Waals surface area contributed by atoms with Gasteiger partial charge in [-0.1, -0.05) is 38.0 Å². The first-order valence-electron chi connectivity index (χ1n) is 13.5. The fourth-order valence-electron chi connectivity index (χ4n) is 4.16. The molecule has 1 amide bonds. The average Bonchev–Trinajstić information content (AvgIpc) is 2.97. The summed E-state index contributed by atoms with van der Waals surface area (Å²) < 4.78 is 15.9. The summed E-state index contributed by atoms with van der Waals surface area (Å²) in [6.07, 6.45) is 8.88. The van der Waals surface area contributed by atoms with Gasteiger partial charge in [0.15, 0.2) is 0 Å². The SMILES string of the molecule is C#CCOCCOCCOCCNC(=O)/C(C#N)=C(\C)c1ccc2cc(N3CCCCC3)ccc2c1.CC. The van der Waals surface area contributed by atoms with E-state index in [-0.39, 0.29) is 12.2 Å². The Hall–Kier alpha value is -3.36. The molecule has 0 aromatic heterocycles. The summed E-state index contributed by atoms with van der Waals surface area (Å²) in [7, 11) is 0. The van der Waals surface area contributed by atoms with Gasteiger partial charge in [0.2, 0.25) is 0 Å². The second kappa shape index (κ2) is 18.0. The van der Waals surface area contributed by atoms with E-state index < -0.39 is 5.91 Å². The Bertz CT molecular complexity index is 1120. The molecule has 1 fully saturated rings. The van der Waals surface area contributed by atoms with E-state index in [4.69, 9.17) is 20.6 Å². The number of anilines is 1. The van der Waals surface area contributed by atoms with Gasteiger partial charge in [-0.3, -0.25) is 4.79 Å². The van der Waals surface area contributed by atoms with Crippen LogP contribution >= 0.6 is 0 Å². The Balaban J connectivity index is 0.00000247. The molecule has 0 aliphatic carbocycles. The third-order valence-corrected chi connectivity index (χ3v) is 6.15. The molecule has 7 heteroatoms. The van der Waals surface area contributed by atoms with Crippen LogP contribution in [-0.4, -0.2) is 65.2 Å². The Morgan fingerprint density at radius 2 is 1.58 bits per heavy atom. The first-order chi connectivity index (χ1) is 18.6. The molecule has 0 saturated carbocycles. The average molecular weight is 520 g/mol. The molecule has 7 nitrogen and oxygen atoms in total. The van der Waals surface area contributed by atoms with Crippen molar-refractivity contribution in [1.82, 2.24) is 5.32 Å². The number of fused-ring (bicyclic) bond motifs is 1. The van der Waals surface area contributed by atoms with Crippen molar-refractivity contribution in [3.8, 4) is 18.4 Å². The number of rotatable bonds is 13. The largest absolute Gasteiger partial charge is 0.377 e. The molecule has 1 N–H and O–H groups in total. The second-order valence-electron chi connectivity index (χ2n) is 8.64. The lowest BCUT2D eigenvalue weighted by molar-refractivity contribution is -0.117. The Labute approximate surface area is 227 Å². The number of hydrogen-bond acceptors (Lipinski definition) is 6. The van der Waals surface area contributed by atoms with Gasteiger partial charge in [0, 0.05) is 25.3 Å². The Kier molecular flexibility index (Phi) is 14.6. The van der Waals surface area contributed by atoms with Gasteiger partial charge in [-0.25, -0.2) is 0 Å². The van der Waals surface area contributed by atoms with Crippen LogP contribution in [0.15, 0.2) is 42.0 Å². The van der Waals surface area contributed by atoms with E-state index in [9.17, 15) is 10.1 Å². The highest BCUT2D eigenvalue weighted by Crippen LogP contribution is 2.28. The summed E-state index contributed by atoms with van der Waals surface area (Å²) in [4.78, 5) is 15.1. The second-order valence-corrected chi connectivity index (χ2v) is 8.64. The third-order valence-electron chi connectivity index (χ3n) is 6.15. The Morgan fingerprint density at radius 1 is 0.947 bits per heavy atom. The molecule has 1 aliphatic heterocycles. The first kappa shape index (κ1) is 30.9. The maximum absolute atomic E-state index is 12.6. The molecule has 2 aromatic rings. The van der Waals surface area contributed by atoms with Crippen LogP contribution in [0.4, 0.5) is 5.69 Å². The number of ether oxygens (including phenoxy) is 3. The van der Waals surface area contributed by atoms with Crippen molar-refractivity contribution in [3.63, 3.8) is 0 Å². The zero-order chi connectivity index (χ0) is 27.6. The van der Waals surface area contributed by atoms with E-state index in [1.807, 2.05) is 32.9 Å². The van der Waals surface area contributed by atoms with Crippen LogP contribution in [0.3, 0.4) is 0 Å². The van der Waals surface area contributed by atoms with Crippen molar-refractivity contribution in [1.29, 1.82) is 5.26 Å². The van der Waals surface area contributed by atoms with Crippen LogP contribution in [0.2, 0.25) is 0 Å². The maximum atomic E-state index is 12.6. The fourth-order valence-corrected chi connectivity index (χ4v) is 4.16. The number of piperidine rings is 1. The monoisotopic (exact) mass is 519 g/mol. The Morgan fingerprint density at radius 3 is 2.26 bits per heavy atom. The summed E-state index contributed by atoms with van der Waals surface area (Å²) in [5.74, 6) is 1.99. The topological polar surface area (TPSA) is 83.8 Å². The molecule has 0 bridgehead atoms. The number of nitrogens with one attached hydrogen (secondary N) is 1. The quantitative estimate of drug-likeness (QED) is 0.174. The summed E-state index contributed by atoms with van der Waals surface area (Å²) in [6.45, 7) is 10.7. The first-order valence-corrected chi connectivity index (χ1v) is 13.5. The number of amides is 1. The van der Waals surface area contributed by atoms with Crippen LogP contribution < -0.4 is 10.2 Å². The minimum Gasteiger partial charge on any atom is -0.377 e. The normalized spacial score (nSPS) is 13.6. The van der Waals surface area contributed by atoms with Gasteiger partial charge in [0.1, 0.15) is 18.2 Å². The van der Waals surface area contributed by atoms with Crippen molar-refractivity contribution in [2.75, 3.05) is 64.2 Å². The van der Waals surface area contributed by atoms with Gasteiger partial charge in [-0.05, 0) is 66.3 Å². The summed E-state index contributed by atoms with van der Waals surface area (Å²) in [5, 5.41) is 14.7. The van der Waals surface area contributed by atoms with Gasteiger partial charge in [0.25, 0.3) is 5.91 Å².